The summed E-state index contributed by atoms with van der Waals surface area (Å²) in [6.45, 7) is 5.75. The molecule has 1 fully saturated rings. The average molecular weight is 604 g/mol. The number of anilines is 1. The van der Waals surface area contributed by atoms with E-state index in [2.05, 4.69) is 9.62 Å². The van der Waals surface area contributed by atoms with Crippen molar-refractivity contribution in [2.24, 2.45) is 11.8 Å². The minimum Gasteiger partial charge on any atom is -0.487 e. The Balaban J connectivity index is 1.53. The maximum Gasteiger partial charge on any atom is 0.304 e. The quantitative estimate of drug-likeness (QED) is 0.458. The first-order valence-corrected chi connectivity index (χ1v) is 16.8. The standard InChI is InChI=1S/C31H42ClN3O5S/c1-3-35-21(2)7-6-9-29(36)27-14-11-24(27)19-34-16-5-4-8-22-17-26(32)13-10-25(22)20-40-30-15-12-23(18-28(30)34)31(37)33-41(35,38)39/h10,12-13,15,17-18,21,24,27,29,36H,3-9,11,14,16,19-20H2,1-2H3,(H,33,37)/t21-,24-,27+,29?/m0/s1. The molecule has 1 unspecified atom stereocenters. The van der Waals surface area contributed by atoms with E-state index >= 15 is 0 Å². The first-order chi connectivity index (χ1) is 19.7. The van der Waals surface area contributed by atoms with Crippen LogP contribution in [0.3, 0.4) is 0 Å². The average Bonchev–Trinajstić information content (AvgIpc) is 2.93. The summed E-state index contributed by atoms with van der Waals surface area (Å²) in [4.78, 5) is 15.6. The molecule has 2 bridgehead atoms. The first kappa shape index (κ1) is 30.1. The number of rotatable bonds is 1. The molecule has 5 rings (SSSR count). The van der Waals surface area contributed by atoms with Crippen LogP contribution in [-0.2, 0) is 23.2 Å². The Morgan fingerprint density at radius 2 is 1.88 bits per heavy atom. The number of hydrogen-bond donors (Lipinski definition) is 2. The second-order valence-electron chi connectivity index (χ2n) is 11.8. The van der Waals surface area contributed by atoms with Gasteiger partial charge in [-0.2, -0.15) is 12.7 Å². The Hall–Kier alpha value is -2.33. The van der Waals surface area contributed by atoms with Gasteiger partial charge in [-0.1, -0.05) is 24.6 Å². The van der Waals surface area contributed by atoms with Crippen LogP contribution in [0.2, 0.25) is 5.02 Å². The topological polar surface area (TPSA) is 99.2 Å². The molecule has 1 aliphatic carbocycles. The Morgan fingerprint density at radius 3 is 2.63 bits per heavy atom. The molecule has 2 heterocycles. The highest BCUT2D eigenvalue weighted by Gasteiger charge is 2.38. The van der Waals surface area contributed by atoms with Gasteiger partial charge in [0, 0.05) is 36.3 Å². The highest BCUT2D eigenvalue weighted by molar-refractivity contribution is 7.87. The highest BCUT2D eigenvalue weighted by atomic mass is 35.5. The number of aliphatic hydroxyl groups excluding tert-OH is 1. The molecule has 2 aliphatic heterocycles. The molecule has 0 saturated heterocycles. The predicted molar refractivity (Wildman–Crippen MR) is 162 cm³/mol. The number of halogens is 1. The van der Waals surface area contributed by atoms with Gasteiger partial charge in [0.05, 0.1) is 11.8 Å². The van der Waals surface area contributed by atoms with Crippen LogP contribution in [-0.4, -0.2) is 55.5 Å². The number of nitrogens with zero attached hydrogens (tertiary/aromatic N) is 2. The third-order valence-electron chi connectivity index (χ3n) is 9.12. The van der Waals surface area contributed by atoms with Crippen LogP contribution in [0.15, 0.2) is 36.4 Å². The molecule has 8 nitrogen and oxygen atoms in total. The number of hydrogen-bond acceptors (Lipinski definition) is 6. The van der Waals surface area contributed by atoms with Crippen LogP contribution in [0.1, 0.15) is 80.3 Å². The Morgan fingerprint density at radius 1 is 1.05 bits per heavy atom. The summed E-state index contributed by atoms with van der Waals surface area (Å²) in [5, 5.41) is 11.8. The minimum absolute atomic E-state index is 0.213. The van der Waals surface area contributed by atoms with E-state index in [9.17, 15) is 18.3 Å². The molecule has 2 aromatic rings. The number of aryl methyl sites for hydroxylation is 1. The highest BCUT2D eigenvalue weighted by Crippen LogP contribution is 2.41. The largest absolute Gasteiger partial charge is 0.487 e. The Kier molecular flexibility index (Phi) is 9.48. The fourth-order valence-corrected chi connectivity index (χ4v) is 8.21. The number of amides is 1. The lowest BCUT2D eigenvalue weighted by molar-refractivity contribution is 0.00880. The SMILES string of the molecule is CCN1[C@@H](C)CCCC(O)[C@@H]2CC[C@H]2CN2CCCCc3cc(Cl)ccc3COc3ccc(cc32)C(=O)NS1(=O)=O. The van der Waals surface area contributed by atoms with Crippen LogP contribution in [0, 0.1) is 11.8 Å². The van der Waals surface area contributed by atoms with Gasteiger partial charge in [0.15, 0.2) is 0 Å². The van der Waals surface area contributed by atoms with Crippen molar-refractivity contribution in [2.75, 3.05) is 24.5 Å². The zero-order chi connectivity index (χ0) is 29.1. The maximum atomic E-state index is 13.4. The van der Waals surface area contributed by atoms with Gasteiger partial charge in [-0.05, 0) is 112 Å². The number of benzene rings is 2. The van der Waals surface area contributed by atoms with E-state index in [1.54, 1.807) is 25.1 Å². The predicted octanol–water partition coefficient (Wildman–Crippen LogP) is 5.32. The molecule has 0 spiro atoms. The van der Waals surface area contributed by atoms with Crippen molar-refractivity contribution < 1.29 is 23.1 Å². The molecule has 41 heavy (non-hydrogen) atoms. The van der Waals surface area contributed by atoms with Gasteiger partial charge >= 0.3 is 10.2 Å². The van der Waals surface area contributed by atoms with Crippen molar-refractivity contribution in [3.05, 3.63) is 58.1 Å². The first-order valence-electron chi connectivity index (χ1n) is 15.0. The normalized spacial score (nSPS) is 27.7. The molecule has 0 radical (unpaired) electrons. The monoisotopic (exact) mass is 603 g/mol. The molecule has 0 aromatic heterocycles. The van der Waals surface area contributed by atoms with E-state index < -0.39 is 22.2 Å². The van der Waals surface area contributed by atoms with E-state index in [-0.39, 0.29) is 24.1 Å². The van der Waals surface area contributed by atoms with Crippen LogP contribution < -0.4 is 14.4 Å². The summed E-state index contributed by atoms with van der Waals surface area (Å²) in [6.07, 6.45) is 6.41. The Bertz CT molecular complexity index is 1350. The molecular weight excluding hydrogens is 562 g/mol. The molecule has 2 aromatic carbocycles. The molecular formula is C31H42ClN3O5S. The van der Waals surface area contributed by atoms with Crippen molar-refractivity contribution in [2.45, 2.75) is 84.0 Å². The molecule has 224 valence electrons. The molecule has 1 amide bonds. The van der Waals surface area contributed by atoms with Gasteiger partial charge < -0.3 is 14.7 Å². The molecule has 1 saturated carbocycles. The number of nitrogens with one attached hydrogen (secondary N) is 1. The number of carbonyl (C=O) groups excluding carboxylic acids is 1. The summed E-state index contributed by atoms with van der Waals surface area (Å²) < 4.78 is 36.6. The van der Waals surface area contributed by atoms with E-state index in [0.717, 1.165) is 62.9 Å². The summed E-state index contributed by atoms with van der Waals surface area (Å²) in [5.74, 6) is 0.546. The number of aliphatic hydroxyl groups is 1. The lowest BCUT2D eigenvalue weighted by Gasteiger charge is -2.43. The van der Waals surface area contributed by atoms with E-state index in [1.807, 2.05) is 25.1 Å². The molecule has 3 aliphatic rings. The van der Waals surface area contributed by atoms with E-state index in [0.29, 0.717) is 36.1 Å². The van der Waals surface area contributed by atoms with Gasteiger partial charge in [0.1, 0.15) is 12.4 Å². The van der Waals surface area contributed by atoms with Gasteiger partial charge in [-0.15, -0.1) is 0 Å². The Labute approximate surface area is 249 Å². The number of fused-ring (bicyclic) bond motifs is 3. The van der Waals surface area contributed by atoms with Crippen LogP contribution in [0.5, 0.6) is 5.75 Å². The fourth-order valence-electron chi connectivity index (χ4n) is 6.62. The van der Waals surface area contributed by atoms with Gasteiger partial charge in [0.2, 0.25) is 0 Å². The third kappa shape index (κ3) is 6.85. The fraction of sp³-hybridized carbons (Fsp3) is 0.581. The van der Waals surface area contributed by atoms with Crippen molar-refractivity contribution in [3.63, 3.8) is 0 Å². The van der Waals surface area contributed by atoms with Gasteiger partial charge in [-0.3, -0.25) is 4.79 Å². The zero-order valence-corrected chi connectivity index (χ0v) is 25.6. The van der Waals surface area contributed by atoms with E-state index in [4.69, 9.17) is 16.3 Å². The smallest absolute Gasteiger partial charge is 0.304 e. The van der Waals surface area contributed by atoms with Crippen molar-refractivity contribution in [1.82, 2.24) is 9.03 Å². The lowest BCUT2D eigenvalue weighted by Crippen LogP contribution is -2.47. The van der Waals surface area contributed by atoms with Crippen molar-refractivity contribution in [1.29, 1.82) is 0 Å². The molecule has 10 heteroatoms. The van der Waals surface area contributed by atoms with Crippen LogP contribution >= 0.6 is 11.6 Å². The van der Waals surface area contributed by atoms with Crippen LogP contribution in [0.4, 0.5) is 5.69 Å². The third-order valence-corrected chi connectivity index (χ3v) is 11.0. The van der Waals surface area contributed by atoms with Gasteiger partial charge in [0.25, 0.3) is 5.91 Å². The minimum atomic E-state index is -4.05. The second-order valence-corrected chi connectivity index (χ2v) is 13.8. The van der Waals surface area contributed by atoms with E-state index in [1.165, 1.54) is 9.87 Å². The van der Waals surface area contributed by atoms with Crippen LogP contribution in [0.25, 0.3) is 0 Å². The zero-order valence-electron chi connectivity index (χ0n) is 24.0. The summed E-state index contributed by atoms with van der Waals surface area (Å²) >= 11 is 6.30. The molecule has 4 atom stereocenters. The van der Waals surface area contributed by atoms with Gasteiger partial charge in [-0.25, -0.2) is 4.72 Å². The van der Waals surface area contributed by atoms with Crippen molar-refractivity contribution in [3.8, 4) is 5.75 Å². The molecule has 2 N–H and O–H groups in total. The second kappa shape index (κ2) is 12.9. The summed E-state index contributed by atoms with van der Waals surface area (Å²) in [7, 11) is -4.05. The summed E-state index contributed by atoms with van der Waals surface area (Å²) in [6, 6.07) is 10.8. The maximum absolute atomic E-state index is 13.4. The van der Waals surface area contributed by atoms with Crippen molar-refractivity contribution >= 4 is 33.4 Å². The number of carbonyl (C=O) groups is 1. The number of ether oxygens (including phenoxy) is 1. The lowest BCUT2D eigenvalue weighted by atomic mass is 9.69. The summed E-state index contributed by atoms with van der Waals surface area (Å²) in [5.41, 5.74) is 3.30.